The van der Waals surface area contributed by atoms with Crippen LogP contribution in [0.3, 0.4) is 0 Å². The number of H-pyrrole nitrogens is 1. The molecule has 1 heterocycles. The molecule has 0 amide bonds. The van der Waals surface area contributed by atoms with Gasteiger partial charge in [0.25, 0.3) is 0 Å². The van der Waals surface area contributed by atoms with Crippen LogP contribution in [-0.4, -0.2) is 16.8 Å². The molecule has 0 aliphatic carbocycles. The fourth-order valence-electron chi connectivity index (χ4n) is 0.916. The van der Waals surface area contributed by atoms with Crippen molar-refractivity contribution in [2.24, 2.45) is 7.05 Å². The van der Waals surface area contributed by atoms with E-state index in [9.17, 15) is 0 Å². The number of nitrogens with one attached hydrogen (secondary N) is 2. The normalized spacial score (nSPS) is 12.0. The van der Waals surface area contributed by atoms with E-state index < -0.39 is 0 Å². The Morgan fingerprint density at radius 3 is 2.73 bits per heavy atom. The minimum Gasteiger partial charge on any atom is -0.393 e. The van der Waals surface area contributed by atoms with Crippen molar-refractivity contribution < 1.29 is 0 Å². The first-order valence-electron chi connectivity index (χ1n) is 3.28. The van der Waals surface area contributed by atoms with Crippen LogP contribution in [0.5, 0.6) is 0 Å². The molecule has 0 atom stereocenters. The van der Waals surface area contributed by atoms with Crippen LogP contribution >= 0.6 is 12.2 Å². The fourth-order valence-corrected chi connectivity index (χ4v) is 1.14. The van der Waals surface area contributed by atoms with Gasteiger partial charge in [-0.2, -0.15) is 0 Å². The Balaban J connectivity index is 3.61. The first kappa shape index (κ1) is 8.07. The van der Waals surface area contributed by atoms with Crippen LogP contribution in [0.25, 0.3) is 12.8 Å². The Morgan fingerprint density at radius 2 is 2.36 bits per heavy atom. The highest BCUT2D eigenvalue weighted by atomic mass is 32.1. The zero-order chi connectivity index (χ0) is 8.43. The van der Waals surface area contributed by atoms with Crippen molar-refractivity contribution in [1.29, 1.82) is 0 Å². The number of aromatic amines is 1. The van der Waals surface area contributed by atoms with E-state index in [1.165, 1.54) is 0 Å². The van der Waals surface area contributed by atoms with Gasteiger partial charge in [0.1, 0.15) is 4.64 Å². The van der Waals surface area contributed by atoms with Gasteiger partial charge >= 0.3 is 0 Å². The molecular formula is C7H11N3S. The molecule has 0 saturated heterocycles. The SMILES string of the molecule is C=c1[nH]n(C)c(=S)c1=CNC. The summed E-state index contributed by atoms with van der Waals surface area (Å²) in [5.41, 5.74) is 0. The van der Waals surface area contributed by atoms with Crippen LogP contribution in [0.4, 0.5) is 0 Å². The van der Waals surface area contributed by atoms with Crippen molar-refractivity contribution >= 4 is 25.0 Å². The van der Waals surface area contributed by atoms with E-state index in [4.69, 9.17) is 12.2 Å². The van der Waals surface area contributed by atoms with Crippen LogP contribution in [0.1, 0.15) is 0 Å². The third-order valence-electron chi connectivity index (χ3n) is 1.45. The summed E-state index contributed by atoms with van der Waals surface area (Å²) in [6.45, 7) is 3.81. The van der Waals surface area contributed by atoms with Gasteiger partial charge in [-0.15, -0.1) is 0 Å². The molecule has 2 N–H and O–H groups in total. The van der Waals surface area contributed by atoms with Crippen molar-refractivity contribution in [1.82, 2.24) is 15.1 Å². The molecule has 4 heteroatoms. The summed E-state index contributed by atoms with van der Waals surface area (Å²) in [5, 5.41) is 7.69. The second kappa shape index (κ2) is 2.92. The van der Waals surface area contributed by atoms with Gasteiger partial charge in [-0.25, -0.2) is 0 Å². The number of hydrogen-bond donors (Lipinski definition) is 2. The molecule has 0 fully saturated rings. The van der Waals surface area contributed by atoms with Crippen LogP contribution in [0.15, 0.2) is 0 Å². The molecule has 0 aliphatic rings. The minimum atomic E-state index is 0.768. The number of aryl methyl sites for hydroxylation is 1. The average molecular weight is 169 g/mol. The second-order valence-electron chi connectivity index (χ2n) is 2.30. The van der Waals surface area contributed by atoms with Gasteiger partial charge in [0, 0.05) is 20.3 Å². The molecule has 0 spiro atoms. The smallest absolute Gasteiger partial charge is 0.131 e. The summed E-state index contributed by atoms with van der Waals surface area (Å²) in [6.07, 6.45) is 1.83. The standard InChI is InChI=1S/C7H11N3S/c1-5-6(4-8-2)7(11)10(3)9-5/h4,8-9H,1H2,2-3H3. The summed E-state index contributed by atoms with van der Waals surface area (Å²) in [6, 6.07) is 0. The van der Waals surface area contributed by atoms with Crippen LogP contribution in [-0.2, 0) is 7.05 Å². The van der Waals surface area contributed by atoms with Crippen LogP contribution < -0.4 is 15.9 Å². The first-order valence-corrected chi connectivity index (χ1v) is 3.69. The monoisotopic (exact) mass is 169 g/mol. The molecule has 60 valence electrons. The van der Waals surface area contributed by atoms with Crippen molar-refractivity contribution in [3.63, 3.8) is 0 Å². The Kier molecular flexibility index (Phi) is 2.14. The number of aromatic nitrogens is 2. The lowest BCUT2D eigenvalue weighted by Crippen LogP contribution is -2.23. The molecule has 11 heavy (non-hydrogen) atoms. The zero-order valence-electron chi connectivity index (χ0n) is 6.64. The molecule has 0 bridgehead atoms. The summed E-state index contributed by atoms with van der Waals surface area (Å²) in [7, 11) is 3.70. The van der Waals surface area contributed by atoms with Crippen molar-refractivity contribution in [3.8, 4) is 0 Å². The van der Waals surface area contributed by atoms with Gasteiger partial charge in [0.05, 0.1) is 10.6 Å². The fraction of sp³-hybridized carbons (Fsp3) is 0.286. The predicted molar refractivity (Wildman–Crippen MR) is 48.9 cm³/mol. The molecule has 1 aromatic heterocycles. The third-order valence-corrected chi connectivity index (χ3v) is 1.95. The maximum atomic E-state index is 5.10. The van der Waals surface area contributed by atoms with Crippen LogP contribution in [0.2, 0.25) is 0 Å². The van der Waals surface area contributed by atoms with Gasteiger partial charge in [-0.1, -0.05) is 18.8 Å². The summed E-state index contributed by atoms with van der Waals surface area (Å²) < 4.78 is 2.53. The van der Waals surface area contributed by atoms with E-state index in [0.717, 1.165) is 15.2 Å². The lowest BCUT2D eigenvalue weighted by molar-refractivity contribution is 0.748. The third kappa shape index (κ3) is 1.35. The lowest BCUT2D eigenvalue weighted by atomic mass is 10.5. The largest absolute Gasteiger partial charge is 0.393 e. The molecule has 3 nitrogen and oxygen atoms in total. The van der Waals surface area contributed by atoms with Gasteiger partial charge in [-0.3, -0.25) is 9.78 Å². The van der Waals surface area contributed by atoms with Gasteiger partial charge in [0.15, 0.2) is 0 Å². The van der Waals surface area contributed by atoms with Crippen LogP contribution in [0, 0.1) is 4.64 Å². The Labute approximate surface area is 70.0 Å². The highest BCUT2D eigenvalue weighted by Gasteiger charge is 1.90. The van der Waals surface area contributed by atoms with Gasteiger partial charge in [-0.05, 0) is 0 Å². The molecule has 1 rings (SSSR count). The summed E-state index contributed by atoms with van der Waals surface area (Å²) >= 11 is 5.10. The average Bonchev–Trinajstić information content (AvgIpc) is 2.17. The summed E-state index contributed by atoms with van der Waals surface area (Å²) in [4.78, 5) is 0. The van der Waals surface area contributed by atoms with Gasteiger partial charge < -0.3 is 5.32 Å². The molecular weight excluding hydrogens is 158 g/mol. The number of hydrogen-bond acceptors (Lipinski definition) is 2. The Bertz CT molecular complexity index is 398. The molecule has 0 saturated carbocycles. The van der Waals surface area contributed by atoms with E-state index in [1.807, 2.05) is 20.3 Å². The van der Waals surface area contributed by atoms with Crippen molar-refractivity contribution in [3.05, 3.63) is 15.2 Å². The Morgan fingerprint density at radius 1 is 1.73 bits per heavy atom. The quantitative estimate of drug-likeness (QED) is 0.553. The van der Waals surface area contributed by atoms with Gasteiger partial charge in [0.2, 0.25) is 0 Å². The van der Waals surface area contributed by atoms with Crippen molar-refractivity contribution in [2.75, 3.05) is 7.05 Å². The van der Waals surface area contributed by atoms with E-state index in [0.29, 0.717) is 0 Å². The molecule has 1 aromatic rings. The minimum absolute atomic E-state index is 0.768. The maximum Gasteiger partial charge on any atom is 0.131 e. The van der Waals surface area contributed by atoms with E-state index >= 15 is 0 Å². The lowest BCUT2D eigenvalue weighted by Gasteiger charge is -1.84. The second-order valence-corrected chi connectivity index (χ2v) is 2.69. The first-order chi connectivity index (χ1) is 5.16. The molecule has 0 radical (unpaired) electrons. The molecule has 0 aromatic carbocycles. The van der Waals surface area contributed by atoms with E-state index in [1.54, 1.807) is 4.68 Å². The highest BCUT2D eigenvalue weighted by Crippen LogP contribution is 1.71. The number of nitrogens with zero attached hydrogens (tertiary/aromatic N) is 1. The number of rotatable bonds is 1. The van der Waals surface area contributed by atoms with Crippen molar-refractivity contribution in [2.45, 2.75) is 0 Å². The Hall–Kier alpha value is -1.03. The zero-order valence-corrected chi connectivity index (χ0v) is 7.46. The maximum absolute atomic E-state index is 5.10. The molecule has 0 unspecified atom stereocenters. The summed E-state index contributed by atoms with van der Waals surface area (Å²) in [5.74, 6) is 0. The van der Waals surface area contributed by atoms with E-state index in [2.05, 4.69) is 17.0 Å². The van der Waals surface area contributed by atoms with E-state index in [-0.39, 0.29) is 0 Å². The molecule has 0 aliphatic heterocycles. The predicted octanol–water partition coefficient (Wildman–Crippen LogP) is -0.550. The topological polar surface area (TPSA) is 32.8 Å². The highest BCUT2D eigenvalue weighted by molar-refractivity contribution is 7.71.